The van der Waals surface area contributed by atoms with Crippen LogP contribution in [0.3, 0.4) is 0 Å². The lowest BCUT2D eigenvalue weighted by Crippen LogP contribution is -2.48. The Labute approximate surface area is 152 Å². The van der Waals surface area contributed by atoms with Crippen molar-refractivity contribution in [3.8, 4) is 5.75 Å². The van der Waals surface area contributed by atoms with Gasteiger partial charge in [-0.15, -0.1) is 12.4 Å². The molecular formula is C19H31ClN2O2. The standard InChI is InChI=1S/C19H30N2O2.ClH/c1-15-14-20-13-12-18(15)21-19(22)7-5-3-4-6-16-8-10-17(23-2)11-9-16;/h8-11,15,18,20H,3-7,12-14H2,1-2H3,(H,21,22);1H. The number of piperidine rings is 1. The molecule has 4 nitrogen and oxygen atoms in total. The summed E-state index contributed by atoms with van der Waals surface area (Å²) < 4.78 is 5.16. The van der Waals surface area contributed by atoms with Crippen molar-refractivity contribution in [2.75, 3.05) is 20.2 Å². The molecule has 1 aliphatic rings. The maximum Gasteiger partial charge on any atom is 0.220 e. The van der Waals surface area contributed by atoms with E-state index in [1.165, 1.54) is 5.56 Å². The van der Waals surface area contributed by atoms with Crippen LogP contribution in [-0.4, -0.2) is 32.1 Å². The van der Waals surface area contributed by atoms with E-state index >= 15 is 0 Å². The van der Waals surface area contributed by atoms with Crippen molar-refractivity contribution in [3.63, 3.8) is 0 Å². The molecule has 0 bridgehead atoms. The minimum Gasteiger partial charge on any atom is -0.497 e. The molecule has 2 unspecified atom stereocenters. The summed E-state index contributed by atoms with van der Waals surface area (Å²) in [5.74, 6) is 1.65. The molecule has 0 aliphatic carbocycles. The van der Waals surface area contributed by atoms with Gasteiger partial charge in [0.1, 0.15) is 5.75 Å². The molecule has 0 saturated carbocycles. The molecule has 1 saturated heterocycles. The van der Waals surface area contributed by atoms with Crippen molar-refractivity contribution >= 4 is 18.3 Å². The Morgan fingerprint density at radius 3 is 2.67 bits per heavy atom. The molecule has 0 spiro atoms. The topological polar surface area (TPSA) is 50.4 Å². The highest BCUT2D eigenvalue weighted by atomic mass is 35.5. The van der Waals surface area contributed by atoms with Crippen LogP contribution in [0.15, 0.2) is 24.3 Å². The molecule has 1 amide bonds. The number of amides is 1. The van der Waals surface area contributed by atoms with E-state index in [4.69, 9.17) is 4.74 Å². The smallest absolute Gasteiger partial charge is 0.220 e. The predicted octanol–water partition coefficient (Wildman–Crippen LogP) is 3.33. The van der Waals surface area contributed by atoms with E-state index in [0.717, 1.165) is 50.9 Å². The number of hydrogen-bond acceptors (Lipinski definition) is 3. The monoisotopic (exact) mass is 354 g/mol. The molecule has 136 valence electrons. The SMILES string of the molecule is COc1ccc(CCCCCC(=O)NC2CCNCC2C)cc1.Cl. The van der Waals surface area contributed by atoms with E-state index in [2.05, 4.69) is 29.7 Å². The Morgan fingerprint density at radius 2 is 2.00 bits per heavy atom. The van der Waals surface area contributed by atoms with E-state index in [0.29, 0.717) is 18.4 Å². The summed E-state index contributed by atoms with van der Waals surface area (Å²) in [5.41, 5.74) is 1.33. The summed E-state index contributed by atoms with van der Waals surface area (Å²) in [6, 6.07) is 8.59. The number of unbranched alkanes of at least 4 members (excludes halogenated alkanes) is 2. The summed E-state index contributed by atoms with van der Waals surface area (Å²) in [4.78, 5) is 12.0. The molecule has 1 heterocycles. The average Bonchev–Trinajstić information content (AvgIpc) is 2.57. The van der Waals surface area contributed by atoms with Crippen LogP contribution in [0, 0.1) is 5.92 Å². The fourth-order valence-corrected chi connectivity index (χ4v) is 3.09. The lowest BCUT2D eigenvalue weighted by molar-refractivity contribution is -0.122. The number of hydrogen-bond donors (Lipinski definition) is 2. The molecule has 24 heavy (non-hydrogen) atoms. The first-order valence-corrected chi connectivity index (χ1v) is 8.82. The summed E-state index contributed by atoms with van der Waals surface area (Å²) >= 11 is 0. The van der Waals surface area contributed by atoms with Crippen molar-refractivity contribution in [1.29, 1.82) is 0 Å². The fourth-order valence-electron chi connectivity index (χ4n) is 3.09. The normalized spacial score (nSPS) is 20.1. The molecule has 1 aromatic rings. The van der Waals surface area contributed by atoms with Gasteiger partial charge in [-0.3, -0.25) is 4.79 Å². The zero-order valence-electron chi connectivity index (χ0n) is 14.8. The van der Waals surface area contributed by atoms with Gasteiger partial charge in [-0.1, -0.05) is 25.5 Å². The Morgan fingerprint density at radius 1 is 1.25 bits per heavy atom. The van der Waals surface area contributed by atoms with Crippen molar-refractivity contribution in [3.05, 3.63) is 29.8 Å². The number of nitrogens with one attached hydrogen (secondary N) is 2. The lowest BCUT2D eigenvalue weighted by Gasteiger charge is -2.30. The van der Waals surface area contributed by atoms with Gasteiger partial charge in [0.15, 0.2) is 0 Å². The van der Waals surface area contributed by atoms with Gasteiger partial charge < -0.3 is 15.4 Å². The highest BCUT2D eigenvalue weighted by Crippen LogP contribution is 2.14. The number of halogens is 1. The molecule has 1 aliphatic heterocycles. The molecule has 2 N–H and O–H groups in total. The first-order valence-electron chi connectivity index (χ1n) is 8.82. The molecule has 0 radical (unpaired) electrons. The highest BCUT2D eigenvalue weighted by Gasteiger charge is 2.22. The molecule has 2 atom stereocenters. The molecular weight excluding hydrogens is 324 g/mol. The number of carbonyl (C=O) groups is 1. The van der Waals surface area contributed by atoms with Gasteiger partial charge in [-0.2, -0.15) is 0 Å². The van der Waals surface area contributed by atoms with Crippen molar-refractivity contribution in [2.45, 2.75) is 51.5 Å². The van der Waals surface area contributed by atoms with Crippen LogP contribution in [0.2, 0.25) is 0 Å². The zero-order chi connectivity index (χ0) is 16.5. The lowest BCUT2D eigenvalue weighted by atomic mass is 9.95. The van der Waals surface area contributed by atoms with Gasteiger partial charge >= 0.3 is 0 Å². The second kappa shape index (κ2) is 11.3. The van der Waals surface area contributed by atoms with Crippen LogP contribution in [0.4, 0.5) is 0 Å². The number of benzene rings is 1. The van der Waals surface area contributed by atoms with Crippen LogP contribution in [0.25, 0.3) is 0 Å². The largest absolute Gasteiger partial charge is 0.497 e. The second-order valence-electron chi connectivity index (χ2n) is 6.55. The van der Waals surface area contributed by atoms with Crippen LogP contribution in [0.5, 0.6) is 5.75 Å². The Bertz CT molecular complexity index is 479. The third kappa shape index (κ3) is 7.10. The Hall–Kier alpha value is -1.26. The highest BCUT2D eigenvalue weighted by molar-refractivity contribution is 5.85. The van der Waals surface area contributed by atoms with Crippen LogP contribution in [0.1, 0.15) is 44.6 Å². The first kappa shape index (κ1) is 20.8. The number of ether oxygens (including phenoxy) is 1. The Kier molecular flexibility index (Phi) is 9.80. The number of carbonyl (C=O) groups excluding carboxylic acids is 1. The molecule has 1 fully saturated rings. The van der Waals surface area contributed by atoms with E-state index in [1.54, 1.807) is 7.11 Å². The minimum atomic E-state index is 0. The van der Waals surface area contributed by atoms with Crippen LogP contribution >= 0.6 is 12.4 Å². The van der Waals surface area contributed by atoms with E-state index in [1.807, 2.05) is 12.1 Å². The predicted molar refractivity (Wildman–Crippen MR) is 101 cm³/mol. The minimum absolute atomic E-state index is 0. The van der Waals surface area contributed by atoms with Crippen molar-refractivity contribution < 1.29 is 9.53 Å². The molecule has 1 aromatic carbocycles. The third-order valence-corrected chi connectivity index (χ3v) is 4.66. The van der Waals surface area contributed by atoms with E-state index in [9.17, 15) is 4.79 Å². The van der Waals surface area contributed by atoms with Crippen molar-refractivity contribution in [2.24, 2.45) is 5.92 Å². The Balaban J connectivity index is 0.00000288. The summed E-state index contributed by atoms with van der Waals surface area (Å²) in [5, 5.41) is 6.56. The van der Waals surface area contributed by atoms with E-state index < -0.39 is 0 Å². The summed E-state index contributed by atoms with van der Waals surface area (Å²) in [6.45, 7) is 4.22. The maximum absolute atomic E-state index is 12.0. The quantitative estimate of drug-likeness (QED) is 0.704. The van der Waals surface area contributed by atoms with Gasteiger partial charge in [-0.05, 0) is 62.4 Å². The number of rotatable bonds is 8. The molecule has 0 aromatic heterocycles. The molecule has 2 rings (SSSR count). The van der Waals surface area contributed by atoms with Gasteiger partial charge in [0.2, 0.25) is 5.91 Å². The van der Waals surface area contributed by atoms with Gasteiger partial charge in [0.05, 0.1) is 7.11 Å². The summed E-state index contributed by atoms with van der Waals surface area (Å²) in [7, 11) is 1.69. The number of methoxy groups -OCH3 is 1. The average molecular weight is 355 g/mol. The third-order valence-electron chi connectivity index (χ3n) is 4.66. The van der Waals surface area contributed by atoms with Gasteiger partial charge in [0, 0.05) is 12.5 Å². The fraction of sp³-hybridized carbons (Fsp3) is 0.632. The zero-order valence-corrected chi connectivity index (χ0v) is 15.7. The maximum atomic E-state index is 12.0. The first-order chi connectivity index (χ1) is 11.2. The van der Waals surface area contributed by atoms with Crippen LogP contribution < -0.4 is 15.4 Å². The molecule has 5 heteroatoms. The van der Waals surface area contributed by atoms with Gasteiger partial charge in [-0.25, -0.2) is 0 Å². The second-order valence-corrected chi connectivity index (χ2v) is 6.55. The van der Waals surface area contributed by atoms with Gasteiger partial charge in [0.25, 0.3) is 0 Å². The summed E-state index contributed by atoms with van der Waals surface area (Å²) in [6.07, 6.45) is 5.96. The van der Waals surface area contributed by atoms with Crippen LogP contribution in [-0.2, 0) is 11.2 Å². The van der Waals surface area contributed by atoms with E-state index in [-0.39, 0.29) is 18.3 Å². The number of aryl methyl sites for hydroxylation is 1. The van der Waals surface area contributed by atoms with Crippen molar-refractivity contribution in [1.82, 2.24) is 10.6 Å².